The summed E-state index contributed by atoms with van der Waals surface area (Å²) in [6, 6.07) is 7.08. The molecule has 1 fully saturated rings. The summed E-state index contributed by atoms with van der Waals surface area (Å²) in [6.07, 6.45) is 1.27. The number of rotatable bonds is 4. The Kier molecular flexibility index (Phi) is 5.95. The van der Waals surface area contributed by atoms with E-state index in [1.165, 1.54) is 0 Å². The Hall–Kier alpha value is -1.26. The smallest absolute Gasteiger partial charge is 0.338 e. The van der Waals surface area contributed by atoms with Gasteiger partial charge in [0.25, 0.3) is 0 Å². The fraction of sp³-hybridized carbons (Fsp3) is 0.462. The van der Waals surface area contributed by atoms with Crippen molar-refractivity contribution in [3.05, 3.63) is 29.8 Å². The summed E-state index contributed by atoms with van der Waals surface area (Å²) in [5, 5.41) is 3.24. The lowest BCUT2D eigenvalue weighted by Crippen LogP contribution is -2.19. The molecule has 1 aliphatic rings. The van der Waals surface area contributed by atoms with Crippen molar-refractivity contribution >= 4 is 18.4 Å². The van der Waals surface area contributed by atoms with E-state index in [1.807, 2.05) is 12.1 Å². The summed E-state index contributed by atoms with van der Waals surface area (Å²) in [7, 11) is 0. The van der Waals surface area contributed by atoms with Gasteiger partial charge in [-0.3, -0.25) is 0 Å². The lowest BCUT2D eigenvalue weighted by atomic mass is 10.2. The van der Waals surface area contributed by atoms with Gasteiger partial charge in [0.05, 0.1) is 12.2 Å². The van der Waals surface area contributed by atoms with Crippen LogP contribution in [0.4, 0.5) is 0 Å². The van der Waals surface area contributed by atoms with Gasteiger partial charge in [-0.1, -0.05) is 0 Å². The van der Waals surface area contributed by atoms with Crippen LogP contribution in [-0.2, 0) is 4.74 Å². The SMILES string of the molecule is CCOC(=O)c1ccc(OC2CCNC2)cc1.Cl. The fourth-order valence-corrected chi connectivity index (χ4v) is 1.81. The molecule has 0 amide bonds. The zero-order valence-corrected chi connectivity index (χ0v) is 11.2. The van der Waals surface area contributed by atoms with Crippen LogP contribution in [0.5, 0.6) is 5.75 Å². The first-order valence-electron chi connectivity index (χ1n) is 5.94. The van der Waals surface area contributed by atoms with Crippen LogP contribution in [0.1, 0.15) is 23.7 Å². The number of benzene rings is 1. The van der Waals surface area contributed by atoms with Crippen molar-refractivity contribution in [3.8, 4) is 5.75 Å². The molecule has 1 unspecified atom stereocenters. The number of halogens is 1. The molecule has 0 aromatic heterocycles. The maximum absolute atomic E-state index is 11.4. The number of hydrogen-bond acceptors (Lipinski definition) is 4. The van der Waals surface area contributed by atoms with Crippen LogP contribution >= 0.6 is 12.4 Å². The Balaban J connectivity index is 0.00000162. The van der Waals surface area contributed by atoms with Crippen molar-refractivity contribution in [2.45, 2.75) is 19.4 Å². The van der Waals surface area contributed by atoms with E-state index in [-0.39, 0.29) is 24.5 Å². The van der Waals surface area contributed by atoms with E-state index >= 15 is 0 Å². The molecule has 1 aromatic rings. The maximum Gasteiger partial charge on any atom is 0.338 e. The highest BCUT2D eigenvalue weighted by molar-refractivity contribution is 5.89. The fourth-order valence-electron chi connectivity index (χ4n) is 1.81. The summed E-state index contributed by atoms with van der Waals surface area (Å²) in [6.45, 7) is 4.08. The molecule has 2 rings (SSSR count). The van der Waals surface area contributed by atoms with Gasteiger partial charge in [0, 0.05) is 6.54 Å². The van der Waals surface area contributed by atoms with E-state index in [2.05, 4.69) is 5.32 Å². The van der Waals surface area contributed by atoms with Crippen LogP contribution in [-0.4, -0.2) is 31.8 Å². The van der Waals surface area contributed by atoms with Crippen molar-refractivity contribution in [3.63, 3.8) is 0 Å². The van der Waals surface area contributed by atoms with Crippen LogP contribution < -0.4 is 10.1 Å². The Morgan fingerprint density at radius 3 is 2.67 bits per heavy atom. The molecule has 0 bridgehead atoms. The molecule has 1 N–H and O–H groups in total. The highest BCUT2D eigenvalue weighted by Gasteiger charge is 2.16. The van der Waals surface area contributed by atoms with E-state index in [1.54, 1.807) is 19.1 Å². The van der Waals surface area contributed by atoms with Gasteiger partial charge in [-0.15, -0.1) is 12.4 Å². The molecule has 1 heterocycles. The van der Waals surface area contributed by atoms with E-state index in [0.717, 1.165) is 25.3 Å². The van der Waals surface area contributed by atoms with Crippen molar-refractivity contribution in [2.24, 2.45) is 0 Å². The molecule has 100 valence electrons. The lowest BCUT2D eigenvalue weighted by molar-refractivity contribution is 0.0526. The zero-order chi connectivity index (χ0) is 12.1. The van der Waals surface area contributed by atoms with Gasteiger partial charge in [0.2, 0.25) is 0 Å². The predicted molar refractivity (Wildman–Crippen MR) is 71.5 cm³/mol. The average Bonchev–Trinajstić information content (AvgIpc) is 2.83. The van der Waals surface area contributed by atoms with Crippen molar-refractivity contribution in [1.29, 1.82) is 0 Å². The topological polar surface area (TPSA) is 47.6 Å². The van der Waals surface area contributed by atoms with Gasteiger partial charge in [-0.05, 0) is 44.2 Å². The number of hydrogen-bond donors (Lipinski definition) is 1. The standard InChI is InChI=1S/C13H17NO3.ClH/c1-2-16-13(15)10-3-5-11(6-4-10)17-12-7-8-14-9-12;/h3-6,12,14H,2,7-9H2,1H3;1H. The van der Waals surface area contributed by atoms with Gasteiger partial charge < -0.3 is 14.8 Å². The second kappa shape index (κ2) is 7.24. The number of carbonyl (C=O) groups excluding carboxylic acids is 1. The second-order valence-corrected chi connectivity index (χ2v) is 3.98. The molecule has 1 atom stereocenters. The first kappa shape index (κ1) is 14.8. The van der Waals surface area contributed by atoms with Gasteiger partial charge in [-0.25, -0.2) is 4.79 Å². The minimum Gasteiger partial charge on any atom is -0.489 e. The van der Waals surface area contributed by atoms with Gasteiger partial charge in [0.15, 0.2) is 0 Å². The van der Waals surface area contributed by atoms with Crippen LogP contribution in [0.3, 0.4) is 0 Å². The summed E-state index contributed by atoms with van der Waals surface area (Å²) in [5.74, 6) is 0.508. The number of nitrogens with one attached hydrogen (secondary N) is 1. The lowest BCUT2D eigenvalue weighted by Gasteiger charge is -2.12. The Morgan fingerprint density at radius 2 is 2.11 bits per heavy atom. The number of carbonyl (C=O) groups is 1. The first-order chi connectivity index (χ1) is 8.29. The first-order valence-corrected chi connectivity index (χ1v) is 5.94. The normalized spacial score (nSPS) is 17.9. The molecule has 1 saturated heterocycles. The van der Waals surface area contributed by atoms with Crippen LogP contribution in [0, 0.1) is 0 Å². The molecule has 18 heavy (non-hydrogen) atoms. The molecule has 1 aliphatic heterocycles. The van der Waals surface area contributed by atoms with Crippen LogP contribution in [0.25, 0.3) is 0 Å². The average molecular weight is 272 g/mol. The van der Waals surface area contributed by atoms with Crippen LogP contribution in [0.15, 0.2) is 24.3 Å². The highest BCUT2D eigenvalue weighted by Crippen LogP contribution is 2.16. The van der Waals surface area contributed by atoms with Crippen LogP contribution in [0.2, 0.25) is 0 Å². The molecule has 0 aliphatic carbocycles. The minimum absolute atomic E-state index is 0. The number of esters is 1. The Bertz CT molecular complexity index is 374. The van der Waals surface area contributed by atoms with Gasteiger partial charge in [0.1, 0.15) is 11.9 Å². The quantitative estimate of drug-likeness (QED) is 0.852. The molecular weight excluding hydrogens is 254 g/mol. The molecule has 0 radical (unpaired) electrons. The third-order valence-corrected chi connectivity index (χ3v) is 2.68. The molecule has 4 nitrogen and oxygen atoms in total. The van der Waals surface area contributed by atoms with Gasteiger partial charge in [-0.2, -0.15) is 0 Å². The predicted octanol–water partition coefficient (Wildman–Crippen LogP) is 2.03. The minimum atomic E-state index is -0.290. The summed E-state index contributed by atoms with van der Waals surface area (Å²) >= 11 is 0. The van der Waals surface area contributed by atoms with E-state index in [0.29, 0.717) is 12.2 Å². The molecular formula is C13H18ClNO3. The summed E-state index contributed by atoms with van der Waals surface area (Å²) in [5.41, 5.74) is 0.559. The Labute approximate surface area is 113 Å². The van der Waals surface area contributed by atoms with Gasteiger partial charge >= 0.3 is 5.97 Å². The molecule has 0 saturated carbocycles. The van der Waals surface area contributed by atoms with Crippen molar-refractivity contribution in [2.75, 3.05) is 19.7 Å². The van der Waals surface area contributed by atoms with E-state index in [4.69, 9.17) is 9.47 Å². The number of ether oxygens (including phenoxy) is 2. The highest BCUT2D eigenvalue weighted by atomic mass is 35.5. The molecule has 1 aromatic carbocycles. The van der Waals surface area contributed by atoms with Crippen molar-refractivity contribution in [1.82, 2.24) is 5.32 Å². The third kappa shape index (κ3) is 3.89. The Morgan fingerprint density at radius 1 is 1.39 bits per heavy atom. The summed E-state index contributed by atoms with van der Waals surface area (Å²) in [4.78, 5) is 11.4. The van der Waals surface area contributed by atoms with Crippen molar-refractivity contribution < 1.29 is 14.3 Å². The maximum atomic E-state index is 11.4. The third-order valence-electron chi connectivity index (χ3n) is 2.68. The van der Waals surface area contributed by atoms with E-state index < -0.39 is 0 Å². The zero-order valence-electron chi connectivity index (χ0n) is 10.3. The van der Waals surface area contributed by atoms with E-state index in [9.17, 15) is 4.79 Å². The largest absolute Gasteiger partial charge is 0.489 e. The molecule has 0 spiro atoms. The summed E-state index contributed by atoms with van der Waals surface area (Å²) < 4.78 is 10.7. The second-order valence-electron chi connectivity index (χ2n) is 3.98. The monoisotopic (exact) mass is 271 g/mol. The molecule has 5 heteroatoms.